The summed E-state index contributed by atoms with van der Waals surface area (Å²) in [6.07, 6.45) is 0. The van der Waals surface area contributed by atoms with E-state index in [2.05, 4.69) is 10.3 Å². The molecule has 0 unspecified atom stereocenters. The molecule has 0 heterocycles. The first-order chi connectivity index (χ1) is 7.65. The molecule has 1 N–H and O–H groups in total. The first-order valence-electron chi connectivity index (χ1n) is 5.17. The van der Waals surface area contributed by atoms with Crippen LogP contribution in [0.25, 0.3) is 0 Å². The third kappa shape index (κ3) is 3.66. The predicted molar refractivity (Wildman–Crippen MR) is 67.2 cm³/mol. The summed E-state index contributed by atoms with van der Waals surface area (Å²) < 4.78 is 0. The van der Waals surface area contributed by atoms with Crippen molar-refractivity contribution in [2.24, 2.45) is 4.99 Å². The summed E-state index contributed by atoms with van der Waals surface area (Å²) >= 11 is 6.01. The quantitative estimate of drug-likeness (QED) is 0.804. The Morgan fingerprint density at radius 2 is 2.12 bits per heavy atom. The molecule has 1 rings (SSSR count). The van der Waals surface area contributed by atoms with Gasteiger partial charge in [-0.15, -0.1) is 0 Å². The zero-order chi connectivity index (χ0) is 12.0. The van der Waals surface area contributed by atoms with Crippen molar-refractivity contribution in [3.05, 3.63) is 34.9 Å². The van der Waals surface area contributed by atoms with Crippen LogP contribution in [0, 0.1) is 0 Å². The van der Waals surface area contributed by atoms with Crippen LogP contribution >= 0.6 is 11.6 Å². The Labute approximate surface area is 101 Å². The van der Waals surface area contributed by atoms with Gasteiger partial charge in [-0.3, -0.25) is 9.79 Å². The van der Waals surface area contributed by atoms with Crippen molar-refractivity contribution in [2.45, 2.75) is 13.8 Å². The second-order valence-electron chi connectivity index (χ2n) is 3.33. The third-order valence-electron chi connectivity index (χ3n) is 2.10. The van der Waals surface area contributed by atoms with Crippen molar-refractivity contribution in [2.75, 3.05) is 13.1 Å². The van der Waals surface area contributed by atoms with E-state index in [1.165, 1.54) is 0 Å². The Morgan fingerprint density at radius 3 is 2.75 bits per heavy atom. The fraction of sp³-hybridized carbons (Fsp3) is 0.333. The average Bonchev–Trinajstić information content (AvgIpc) is 2.27. The van der Waals surface area contributed by atoms with Crippen LogP contribution in [0.4, 0.5) is 0 Å². The van der Waals surface area contributed by atoms with Gasteiger partial charge in [-0.2, -0.15) is 0 Å². The van der Waals surface area contributed by atoms with Crippen molar-refractivity contribution in [3.63, 3.8) is 0 Å². The molecule has 4 heteroatoms. The molecule has 0 aliphatic heterocycles. The van der Waals surface area contributed by atoms with Crippen LogP contribution in [0.1, 0.15) is 19.4 Å². The van der Waals surface area contributed by atoms with Gasteiger partial charge >= 0.3 is 0 Å². The molecule has 0 aliphatic carbocycles. The minimum absolute atomic E-state index is 0.0751. The van der Waals surface area contributed by atoms with E-state index in [9.17, 15) is 4.79 Å². The highest BCUT2D eigenvalue weighted by atomic mass is 35.5. The van der Waals surface area contributed by atoms with Gasteiger partial charge in [-0.25, -0.2) is 0 Å². The number of rotatable bonds is 4. The molecule has 0 atom stereocenters. The Bertz CT molecular complexity index is 402. The molecule has 0 bridgehead atoms. The summed E-state index contributed by atoms with van der Waals surface area (Å²) in [6.45, 7) is 4.49. The Balaban J connectivity index is 2.71. The highest BCUT2D eigenvalue weighted by molar-refractivity contribution is 6.34. The second kappa shape index (κ2) is 6.28. The number of benzene rings is 1. The number of nitrogens with zero attached hydrogens (tertiary/aromatic N) is 1. The highest BCUT2D eigenvalue weighted by Crippen LogP contribution is 2.15. The van der Waals surface area contributed by atoms with Crippen LogP contribution < -0.4 is 5.32 Å². The molecule has 3 nitrogen and oxygen atoms in total. The lowest BCUT2D eigenvalue weighted by molar-refractivity contribution is -0.119. The number of hydrogen-bond donors (Lipinski definition) is 1. The normalized spacial score (nSPS) is 11.3. The number of carbonyl (C=O) groups excluding carboxylic acids is 1. The third-order valence-corrected chi connectivity index (χ3v) is 2.43. The van der Waals surface area contributed by atoms with Crippen molar-refractivity contribution in [1.82, 2.24) is 5.32 Å². The summed E-state index contributed by atoms with van der Waals surface area (Å²) in [5.41, 5.74) is 1.64. The van der Waals surface area contributed by atoms with Crippen molar-refractivity contribution >= 4 is 23.2 Å². The zero-order valence-corrected chi connectivity index (χ0v) is 10.2. The van der Waals surface area contributed by atoms with Gasteiger partial charge in [0.15, 0.2) is 0 Å². The van der Waals surface area contributed by atoms with E-state index in [-0.39, 0.29) is 12.5 Å². The van der Waals surface area contributed by atoms with Crippen molar-refractivity contribution < 1.29 is 4.79 Å². The molecule has 0 saturated heterocycles. The number of nitrogens with one attached hydrogen (secondary N) is 1. The number of likely N-dealkylation sites (N-methyl/N-ethyl adjacent to an activating group) is 1. The number of halogens is 1. The molecule has 16 heavy (non-hydrogen) atoms. The van der Waals surface area contributed by atoms with Gasteiger partial charge in [0.05, 0.1) is 0 Å². The molecule has 0 fully saturated rings. The predicted octanol–water partition coefficient (Wildman–Crippen LogP) is 2.29. The summed E-state index contributed by atoms with van der Waals surface area (Å²) in [5, 5.41) is 3.34. The molecule has 0 radical (unpaired) electrons. The van der Waals surface area contributed by atoms with Gasteiger partial charge in [0.25, 0.3) is 0 Å². The molecule has 1 amide bonds. The summed E-state index contributed by atoms with van der Waals surface area (Å²) in [6, 6.07) is 7.45. The van der Waals surface area contributed by atoms with E-state index in [4.69, 9.17) is 11.6 Å². The Morgan fingerprint density at radius 1 is 1.44 bits per heavy atom. The van der Waals surface area contributed by atoms with Gasteiger partial charge in [-0.1, -0.05) is 29.8 Å². The summed E-state index contributed by atoms with van der Waals surface area (Å²) in [4.78, 5) is 15.4. The molecule has 0 saturated carbocycles. The van der Waals surface area contributed by atoms with E-state index in [0.29, 0.717) is 11.6 Å². The maximum Gasteiger partial charge on any atom is 0.241 e. The van der Waals surface area contributed by atoms with E-state index in [1.807, 2.05) is 38.1 Å². The summed E-state index contributed by atoms with van der Waals surface area (Å²) in [7, 11) is 0. The van der Waals surface area contributed by atoms with Gasteiger partial charge in [0.1, 0.15) is 6.54 Å². The lowest BCUT2D eigenvalue weighted by Gasteiger charge is -2.03. The van der Waals surface area contributed by atoms with E-state index >= 15 is 0 Å². The van der Waals surface area contributed by atoms with Crippen LogP contribution in [-0.4, -0.2) is 24.7 Å². The largest absolute Gasteiger partial charge is 0.355 e. The molecule has 86 valence electrons. The fourth-order valence-corrected chi connectivity index (χ4v) is 1.56. The van der Waals surface area contributed by atoms with Gasteiger partial charge < -0.3 is 5.32 Å². The van der Waals surface area contributed by atoms with Crippen molar-refractivity contribution in [1.29, 1.82) is 0 Å². The Kier molecular flexibility index (Phi) is 4.99. The molecule has 1 aromatic rings. The maximum absolute atomic E-state index is 11.2. The fourth-order valence-electron chi connectivity index (χ4n) is 1.28. The SMILES string of the molecule is CCNC(=O)C/N=C(\C)c1ccccc1Cl. The monoisotopic (exact) mass is 238 g/mol. The van der Waals surface area contributed by atoms with Crippen LogP contribution in [0.15, 0.2) is 29.3 Å². The number of carbonyl (C=O) groups is 1. The number of aliphatic imine (C=N–C) groups is 1. The van der Waals surface area contributed by atoms with Crippen LogP contribution in [0.2, 0.25) is 5.02 Å². The van der Waals surface area contributed by atoms with E-state index < -0.39 is 0 Å². The summed E-state index contributed by atoms with van der Waals surface area (Å²) in [5.74, 6) is -0.0751. The smallest absolute Gasteiger partial charge is 0.241 e. The highest BCUT2D eigenvalue weighted by Gasteiger charge is 2.03. The number of hydrogen-bond acceptors (Lipinski definition) is 2. The molecule has 0 spiro atoms. The maximum atomic E-state index is 11.2. The molecular weight excluding hydrogens is 224 g/mol. The lowest BCUT2D eigenvalue weighted by Crippen LogP contribution is -2.25. The average molecular weight is 239 g/mol. The van der Waals surface area contributed by atoms with Gasteiger partial charge in [0.2, 0.25) is 5.91 Å². The minimum Gasteiger partial charge on any atom is -0.355 e. The van der Waals surface area contributed by atoms with Gasteiger partial charge in [-0.05, 0) is 19.9 Å². The van der Waals surface area contributed by atoms with E-state index in [1.54, 1.807) is 0 Å². The zero-order valence-electron chi connectivity index (χ0n) is 9.46. The first kappa shape index (κ1) is 12.7. The van der Waals surface area contributed by atoms with Crippen molar-refractivity contribution in [3.8, 4) is 0 Å². The standard InChI is InChI=1S/C12H15ClN2O/c1-3-14-12(16)8-15-9(2)10-6-4-5-7-11(10)13/h4-7H,3,8H2,1-2H3,(H,14,16)/b15-9+. The first-order valence-corrected chi connectivity index (χ1v) is 5.55. The van der Waals surface area contributed by atoms with Crippen LogP contribution in [0.3, 0.4) is 0 Å². The molecular formula is C12H15ClN2O. The lowest BCUT2D eigenvalue weighted by atomic mass is 10.1. The second-order valence-corrected chi connectivity index (χ2v) is 3.74. The molecule has 1 aromatic carbocycles. The number of amides is 1. The van der Waals surface area contributed by atoms with Crippen LogP contribution in [0.5, 0.6) is 0 Å². The van der Waals surface area contributed by atoms with Crippen LogP contribution in [-0.2, 0) is 4.79 Å². The topological polar surface area (TPSA) is 41.5 Å². The molecule has 0 aliphatic rings. The Hall–Kier alpha value is -1.35. The molecule has 0 aromatic heterocycles. The van der Waals surface area contributed by atoms with Gasteiger partial charge in [0, 0.05) is 22.8 Å². The van der Waals surface area contributed by atoms with E-state index in [0.717, 1.165) is 11.3 Å². The minimum atomic E-state index is -0.0751.